The number of hydrogen-bond donors (Lipinski definition) is 2. The topological polar surface area (TPSA) is 71.2 Å². The Morgan fingerprint density at radius 1 is 1.56 bits per heavy atom. The average Bonchev–Trinajstić information content (AvgIpc) is 2.29. The molecule has 0 unspecified atom stereocenters. The zero-order valence-corrected chi connectivity index (χ0v) is 9.73. The van der Waals surface area contributed by atoms with Gasteiger partial charge in [0.1, 0.15) is 5.69 Å². The van der Waals surface area contributed by atoms with E-state index in [2.05, 4.69) is 10.3 Å². The van der Waals surface area contributed by atoms with Crippen molar-refractivity contribution in [2.45, 2.75) is 6.42 Å². The SMILES string of the molecule is CNCCCN(C)C(=O)c1ccc(N)cn1. The normalized spacial score (nSPS) is 10.1. The van der Waals surface area contributed by atoms with Crippen molar-refractivity contribution in [2.24, 2.45) is 0 Å². The van der Waals surface area contributed by atoms with E-state index in [9.17, 15) is 4.79 Å². The molecule has 1 rings (SSSR count). The van der Waals surface area contributed by atoms with Crippen LogP contribution in [0.4, 0.5) is 5.69 Å². The molecule has 0 spiro atoms. The third-order valence-corrected chi connectivity index (χ3v) is 2.27. The smallest absolute Gasteiger partial charge is 0.272 e. The van der Waals surface area contributed by atoms with Gasteiger partial charge in [0.15, 0.2) is 0 Å². The second-order valence-electron chi connectivity index (χ2n) is 3.66. The van der Waals surface area contributed by atoms with Gasteiger partial charge in [-0.25, -0.2) is 4.98 Å². The highest BCUT2D eigenvalue weighted by atomic mass is 16.2. The Morgan fingerprint density at radius 3 is 2.88 bits per heavy atom. The Morgan fingerprint density at radius 2 is 2.31 bits per heavy atom. The minimum absolute atomic E-state index is 0.0731. The molecule has 0 aliphatic carbocycles. The summed E-state index contributed by atoms with van der Waals surface area (Å²) in [6, 6.07) is 3.33. The van der Waals surface area contributed by atoms with Gasteiger partial charge in [0, 0.05) is 13.6 Å². The molecular weight excluding hydrogens is 204 g/mol. The molecule has 0 aliphatic heterocycles. The number of rotatable bonds is 5. The number of carbonyl (C=O) groups is 1. The molecule has 1 amide bonds. The lowest BCUT2D eigenvalue weighted by Gasteiger charge is -2.16. The number of aromatic nitrogens is 1. The minimum atomic E-state index is -0.0731. The molecule has 16 heavy (non-hydrogen) atoms. The summed E-state index contributed by atoms with van der Waals surface area (Å²) in [7, 11) is 3.67. The maximum absolute atomic E-state index is 11.9. The molecule has 0 saturated carbocycles. The van der Waals surface area contributed by atoms with Gasteiger partial charge in [0.25, 0.3) is 5.91 Å². The van der Waals surface area contributed by atoms with Crippen LogP contribution < -0.4 is 11.1 Å². The Labute approximate surface area is 95.7 Å². The standard InChI is InChI=1S/C11H18N4O/c1-13-6-3-7-15(2)11(16)10-5-4-9(12)8-14-10/h4-5,8,13H,3,6-7,12H2,1-2H3. The molecule has 0 fully saturated rings. The number of hydrogen-bond acceptors (Lipinski definition) is 4. The molecule has 1 aromatic heterocycles. The van der Waals surface area contributed by atoms with Crippen LogP contribution in [0.3, 0.4) is 0 Å². The minimum Gasteiger partial charge on any atom is -0.397 e. The van der Waals surface area contributed by atoms with Gasteiger partial charge in [0.2, 0.25) is 0 Å². The summed E-state index contributed by atoms with van der Waals surface area (Å²) in [4.78, 5) is 17.5. The van der Waals surface area contributed by atoms with Crippen molar-refractivity contribution in [1.82, 2.24) is 15.2 Å². The Kier molecular flexibility index (Phi) is 4.72. The molecule has 0 bridgehead atoms. The van der Waals surface area contributed by atoms with Crippen molar-refractivity contribution in [2.75, 3.05) is 32.9 Å². The van der Waals surface area contributed by atoms with Crippen molar-refractivity contribution in [1.29, 1.82) is 0 Å². The molecule has 3 N–H and O–H groups in total. The van der Waals surface area contributed by atoms with Crippen LogP contribution in [0, 0.1) is 0 Å². The second-order valence-corrected chi connectivity index (χ2v) is 3.66. The summed E-state index contributed by atoms with van der Waals surface area (Å²) < 4.78 is 0. The quantitative estimate of drug-likeness (QED) is 0.705. The number of nitrogens with zero attached hydrogens (tertiary/aromatic N) is 2. The Bertz CT molecular complexity index is 336. The lowest BCUT2D eigenvalue weighted by Crippen LogP contribution is -2.30. The van der Waals surface area contributed by atoms with E-state index in [0.29, 0.717) is 17.9 Å². The monoisotopic (exact) mass is 222 g/mol. The van der Waals surface area contributed by atoms with Gasteiger partial charge in [-0.15, -0.1) is 0 Å². The van der Waals surface area contributed by atoms with Crippen LogP contribution in [0.2, 0.25) is 0 Å². The number of nitrogens with one attached hydrogen (secondary N) is 1. The highest BCUT2D eigenvalue weighted by Gasteiger charge is 2.11. The fraction of sp³-hybridized carbons (Fsp3) is 0.455. The first-order valence-electron chi connectivity index (χ1n) is 5.26. The summed E-state index contributed by atoms with van der Waals surface area (Å²) in [6.07, 6.45) is 2.42. The predicted octanol–water partition coefficient (Wildman–Crippen LogP) is 0.345. The summed E-state index contributed by atoms with van der Waals surface area (Å²) in [5.41, 5.74) is 6.50. The van der Waals surface area contributed by atoms with E-state index in [1.165, 1.54) is 6.20 Å². The van der Waals surface area contributed by atoms with Crippen LogP contribution in [0.25, 0.3) is 0 Å². The van der Waals surface area contributed by atoms with Crippen molar-refractivity contribution >= 4 is 11.6 Å². The third-order valence-electron chi connectivity index (χ3n) is 2.27. The summed E-state index contributed by atoms with van der Waals surface area (Å²) in [6.45, 7) is 1.61. The fourth-order valence-electron chi connectivity index (χ4n) is 1.32. The fourth-order valence-corrected chi connectivity index (χ4v) is 1.32. The van der Waals surface area contributed by atoms with Crippen LogP contribution in [0.15, 0.2) is 18.3 Å². The first-order chi connectivity index (χ1) is 7.65. The van der Waals surface area contributed by atoms with Crippen molar-refractivity contribution in [3.63, 3.8) is 0 Å². The number of amides is 1. The van der Waals surface area contributed by atoms with E-state index in [1.807, 2.05) is 7.05 Å². The molecule has 0 aliphatic rings. The molecule has 0 saturated heterocycles. The van der Waals surface area contributed by atoms with Gasteiger partial charge in [-0.3, -0.25) is 4.79 Å². The van der Waals surface area contributed by atoms with Gasteiger partial charge < -0.3 is 16.0 Å². The zero-order chi connectivity index (χ0) is 12.0. The predicted molar refractivity (Wildman–Crippen MR) is 64.2 cm³/mol. The lowest BCUT2D eigenvalue weighted by molar-refractivity contribution is 0.0788. The van der Waals surface area contributed by atoms with Gasteiger partial charge in [-0.2, -0.15) is 0 Å². The highest BCUT2D eigenvalue weighted by Crippen LogP contribution is 2.04. The van der Waals surface area contributed by atoms with Gasteiger partial charge in [-0.05, 0) is 32.1 Å². The lowest BCUT2D eigenvalue weighted by atomic mass is 10.3. The first kappa shape index (κ1) is 12.4. The molecule has 1 aromatic rings. The van der Waals surface area contributed by atoms with E-state index in [0.717, 1.165) is 13.0 Å². The average molecular weight is 222 g/mol. The molecule has 1 heterocycles. The Balaban J connectivity index is 2.53. The van der Waals surface area contributed by atoms with Crippen molar-refractivity contribution < 1.29 is 4.79 Å². The molecule has 0 radical (unpaired) electrons. The van der Waals surface area contributed by atoms with E-state index >= 15 is 0 Å². The highest BCUT2D eigenvalue weighted by molar-refractivity contribution is 5.92. The maximum Gasteiger partial charge on any atom is 0.272 e. The maximum atomic E-state index is 11.9. The van der Waals surface area contributed by atoms with Crippen LogP contribution in [-0.4, -0.2) is 43.0 Å². The van der Waals surface area contributed by atoms with Crippen LogP contribution in [0.1, 0.15) is 16.9 Å². The molecule has 0 atom stereocenters. The summed E-state index contributed by atoms with van der Waals surface area (Å²) in [5.74, 6) is -0.0731. The van der Waals surface area contributed by atoms with E-state index in [4.69, 9.17) is 5.73 Å². The first-order valence-corrected chi connectivity index (χ1v) is 5.26. The van der Waals surface area contributed by atoms with E-state index in [-0.39, 0.29) is 5.91 Å². The molecule has 0 aromatic carbocycles. The summed E-state index contributed by atoms with van der Waals surface area (Å²) in [5, 5.41) is 3.04. The molecular formula is C11H18N4O. The van der Waals surface area contributed by atoms with Gasteiger partial charge in [-0.1, -0.05) is 0 Å². The van der Waals surface area contributed by atoms with E-state index < -0.39 is 0 Å². The van der Waals surface area contributed by atoms with E-state index in [1.54, 1.807) is 24.1 Å². The van der Waals surface area contributed by atoms with Crippen LogP contribution >= 0.6 is 0 Å². The Hall–Kier alpha value is -1.62. The number of pyridine rings is 1. The number of anilines is 1. The van der Waals surface area contributed by atoms with Gasteiger partial charge >= 0.3 is 0 Å². The third kappa shape index (κ3) is 3.51. The zero-order valence-electron chi connectivity index (χ0n) is 9.73. The second kappa shape index (κ2) is 6.07. The molecule has 5 heteroatoms. The van der Waals surface area contributed by atoms with Crippen LogP contribution in [-0.2, 0) is 0 Å². The van der Waals surface area contributed by atoms with Crippen LogP contribution in [0.5, 0.6) is 0 Å². The van der Waals surface area contributed by atoms with Crippen molar-refractivity contribution in [3.05, 3.63) is 24.0 Å². The molecule has 88 valence electrons. The summed E-state index contributed by atoms with van der Waals surface area (Å²) >= 11 is 0. The number of carbonyl (C=O) groups excluding carboxylic acids is 1. The largest absolute Gasteiger partial charge is 0.397 e. The van der Waals surface area contributed by atoms with Gasteiger partial charge in [0.05, 0.1) is 11.9 Å². The molecule has 5 nitrogen and oxygen atoms in total. The number of nitrogen functional groups attached to an aromatic ring is 1. The number of nitrogens with two attached hydrogens (primary N) is 1. The van der Waals surface area contributed by atoms with Crippen molar-refractivity contribution in [3.8, 4) is 0 Å².